The quantitative estimate of drug-likeness (QED) is 0.769. The number of ether oxygens (including phenoxy) is 2. The van der Waals surface area contributed by atoms with Crippen LogP contribution in [0.4, 0.5) is 0 Å². The molecule has 0 saturated heterocycles. The molecule has 1 aromatic carbocycles. The predicted octanol–water partition coefficient (Wildman–Crippen LogP) is 2.22. The number of carbonyl (C=O) groups is 1. The topological polar surface area (TPSA) is 85.3 Å². The van der Waals surface area contributed by atoms with E-state index in [1.807, 2.05) is 36.2 Å². The van der Waals surface area contributed by atoms with Crippen LogP contribution >= 0.6 is 0 Å². The first kappa shape index (κ1) is 15.9. The SMILES string of the molecule is CCn1ccc(C(=O)N2CCc3[nH]nc(-c4ccc5c(c4)OCO5)c3C2)n1. The van der Waals surface area contributed by atoms with Gasteiger partial charge in [-0.25, -0.2) is 0 Å². The number of H-pyrrole nitrogens is 1. The fourth-order valence-electron chi connectivity index (χ4n) is 3.56. The van der Waals surface area contributed by atoms with E-state index in [2.05, 4.69) is 15.3 Å². The lowest BCUT2D eigenvalue weighted by Crippen LogP contribution is -2.36. The Morgan fingerprint density at radius 3 is 3.00 bits per heavy atom. The average Bonchev–Trinajstić information content (AvgIpc) is 3.44. The van der Waals surface area contributed by atoms with Gasteiger partial charge < -0.3 is 14.4 Å². The molecule has 8 nitrogen and oxygen atoms in total. The van der Waals surface area contributed by atoms with E-state index in [1.165, 1.54) is 0 Å². The smallest absolute Gasteiger partial charge is 0.274 e. The number of benzene rings is 1. The largest absolute Gasteiger partial charge is 0.454 e. The zero-order valence-electron chi connectivity index (χ0n) is 14.9. The predicted molar refractivity (Wildman–Crippen MR) is 96.5 cm³/mol. The molecular formula is C19H19N5O3. The van der Waals surface area contributed by atoms with Gasteiger partial charge in [-0.15, -0.1) is 0 Å². The van der Waals surface area contributed by atoms with Crippen LogP contribution in [0.1, 0.15) is 28.7 Å². The molecule has 0 unspecified atom stereocenters. The van der Waals surface area contributed by atoms with Crippen LogP contribution in [0.2, 0.25) is 0 Å². The van der Waals surface area contributed by atoms with E-state index in [0.717, 1.165) is 47.0 Å². The molecule has 4 heterocycles. The number of rotatable bonds is 3. The third kappa shape index (κ3) is 2.64. The van der Waals surface area contributed by atoms with Crippen molar-refractivity contribution in [3.63, 3.8) is 0 Å². The van der Waals surface area contributed by atoms with E-state index in [4.69, 9.17) is 9.47 Å². The lowest BCUT2D eigenvalue weighted by atomic mass is 10.0. The molecule has 2 aromatic heterocycles. The summed E-state index contributed by atoms with van der Waals surface area (Å²) in [6.07, 6.45) is 2.58. The third-order valence-electron chi connectivity index (χ3n) is 5.05. The van der Waals surface area contributed by atoms with Crippen LogP contribution in [0.25, 0.3) is 11.3 Å². The van der Waals surface area contributed by atoms with E-state index in [1.54, 1.807) is 10.7 Å². The Bertz CT molecular complexity index is 1020. The summed E-state index contributed by atoms with van der Waals surface area (Å²) in [5.41, 5.74) is 4.39. The van der Waals surface area contributed by atoms with Gasteiger partial charge in [0.2, 0.25) is 6.79 Å². The van der Waals surface area contributed by atoms with Crippen molar-refractivity contribution in [2.75, 3.05) is 13.3 Å². The van der Waals surface area contributed by atoms with Crippen LogP contribution in [0.15, 0.2) is 30.5 Å². The number of aryl methyl sites for hydroxylation is 1. The van der Waals surface area contributed by atoms with Crippen molar-refractivity contribution in [3.8, 4) is 22.8 Å². The first-order valence-electron chi connectivity index (χ1n) is 9.02. The van der Waals surface area contributed by atoms with E-state index >= 15 is 0 Å². The van der Waals surface area contributed by atoms with Gasteiger partial charge in [-0.3, -0.25) is 14.6 Å². The second-order valence-corrected chi connectivity index (χ2v) is 6.63. The Morgan fingerprint density at radius 1 is 1.26 bits per heavy atom. The van der Waals surface area contributed by atoms with Crippen molar-refractivity contribution < 1.29 is 14.3 Å². The molecule has 3 aromatic rings. The van der Waals surface area contributed by atoms with Gasteiger partial charge in [0.1, 0.15) is 5.69 Å². The maximum atomic E-state index is 12.8. The fourth-order valence-corrected chi connectivity index (χ4v) is 3.56. The Labute approximate surface area is 155 Å². The lowest BCUT2D eigenvalue weighted by molar-refractivity contribution is 0.0727. The molecule has 0 radical (unpaired) electrons. The summed E-state index contributed by atoms with van der Waals surface area (Å²) in [6.45, 7) is 4.14. The highest BCUT2D eigenvalue weighted by Crippen LogP contribution is 2.37. The first-order valence-corrected chi connectivity index (χ1v) is 9.02. The summed E-state index contributed by atoms with van der Waals surface area (Å²) in [6, 6.07) is 7.56. The molecule has 2 aliphatic rings. The molecule has 138 valence electrons. The second-order valence-electron chi connectivity index (χ2n) is 6.63. The third-order valence-corrected chi connectivity index (χ3v) is 5.05. The van der Waals surface area contributed by atoms with Crippen LogP contribution in [0.5, 0.6) is 11.5 Å². The van der Waals surface area contributed by atoms with Crippen molar-refractivity contribution in [3.05, 3.63) is 47.4 Å². The van der Waals surface area contributed by atoms with Crippen molar-refractivity contribution in [2.24, 2.45) is 0 Å². The first-order chi connectivity index (χ1) is 13.2. The maximum Gasteiger partial charge on any atom is 0.274 e. The van der Waals surface area contributed by atoms with Gasteiger partial charge in [-0.1, -0.05) is 0 Å². The minimum atomic E-state index is -0.0503. The highest BCUT2D eigenvalue weighted by molar-refractivity contribution is 5.92. The number of amides is 1. The molecule has 8 heteroatoms. The number of hydrogen-bond donors (Lipinski definition) is 1. The van der Waals surface area contributed by atoms with Crippen LogP contribution in [-0.2, 0) is 19.5 Å². The van der Waals surface area contributed by atoms with Crippen molar-refractivity contribution in [2.45, 2.75) is 26.4 Å². The van der Waals surface area contributed by atoms with E-state index in [9.17, 15) is 4.79 Å². The number of aromatic amines is 1. The zero-order chi connectivity index (χ0) is 18.4. The van der Waals surface area contributed by atoms with Crippen LogP contribution in [-0.4, -0.2) is 44.1 Å². The van der Waals surface area contributed by atoms with E-state index in [-0.39, 0.29) is 12.7 Å². The number of fused-ring (bicyclic) bond motifs is 2. The average molecular weight is 365 g/mol. The van der Waals surface area contributed by atoms with Gasteiger partial charge in [0.15, 0.2) is 11.5 Å². The summed E-state index contributed by atoms with van der Waals surface area (Å²) >= 11 is 0. The van der Waals surface area contributed by atoms with Crippen molar-refractivity contribution >= 4 is 5.91 Å². The lowest BCUT2D eigenvalue weighted by Gasteiger charge is -2.26. The molecular weight excluding hydrogens is 346 g/mol. The summed E-state index contributed by atoms with van der Waals surface area (Å²) in [7, 11) is 0. The van der Waals surface area contributed by atoms with Gasteiger partial charge in [-0.05, 0) is 31.2 Å². The summed E-state index contributed by atoms with van der Waals surface area (Å²) < 4.78 is 12.6. The zero-order valence-corrected chi connectivity index (χ0v) is 14.9. The van der Waals surface area contributed by atoms with E-state index < -0.39 is 0 Å². The summed E-state index contributed by atoms with van der Waals surface area (Å²) in [5.74, 6) is 1.41. The molecule has 0 saturated carbocycles. The molecule has 1 amide bonds. The highest BCUT2D eigenvalue weighted by Gasteiger charge is 2.28. The molecule has 0 aliphatic carbocycles. The summed E-state index contributed by atoms with van der Waals surface area (Å²) in [4.78, 5) is 14.7. The monoisotopic (exact) mass is 365 g/mol. The Kier molecular flexibility index (Phi) is 3.63. The number of nitrogens with one attached hydrogen (secondary N) is 1. The minimum Gasteiger partial charge on any atom is -0.454 e. The number of nitrogens with zero attached hydrogens (tertiary/aromatic N) is 4. The number of carbonyl (C=O) groups excluding carboxylic acids is 1. The Balaban J connectivity index is 1.44. The standard InChI is InChI=1S/C19H19N5O3/c1-2-24-8-6-15(22-24)19(25)23-7-5-14-13(10-23)18(21-20-14)12-3-4-16-17(9-12)27-11-26-16/h3-4,6,8-9H,2,5,7,10-11H2,1H3,(H,20,21). The van der Waals surface area contributed by atoms with Crippen LogP contribution < -0.4 is 9.47 Å². The maximum absolute atomic E-state index is 12.8. The Hall–Kier alpha value is -3.29. The fraction of sp³-hybridized carbons (Fsp3) is 0.316. The Morgan fingerprint density at radius 2 is 2.15 bits per heavy atom. The van der Waals surface area contributed by atoms with Gasteiger partial charge in [0.05, 0.1) is 12.2 Å². The molecule has 0 atom stereocenters. The van der Waals surface area contributed by atoms with Gasteiger partial charge in [0.25, 0.3) is 5.91 Å². The van der Waals surface area contributed by atoms with Gasteiger partial charge in [0, 0.05) is 42.5 Å². The molecule has 0 fully saturated rings. The van der Waals surface area contributed by atoms with Crippen molar-refractivity contribution in [1.29, 1.82) is 0 Å². The van der Waals surface area contributed by atoms with E-state index in [0.29, 0.717) is 18.8 Å². The van der Waals surface area contributed by atoms with Gasteiger partial charge >= 0.3 is 0 Å². The molecule has 0 spiro atoms. The molecule has 1 N–H and O–H groups in total. The minimum absolute atomic E-state index is 0.0503. The molecule has 5 rings (SSSR count). The van der Waals surface area contributed by atoms with Crippen LogP contribution in [0.3, 0.4) is 0 Å². The normalized spacial score (nSPS) is 15.1. The molecule has 0 bridgehead atoms. The highest BCUT2D eigenvalue weighted by atomic mass is 16.7. The number of aromatic nitrogens is 4. The molecule has 27 heavy (non-hydrogen) atoms. The molecule has 2 aliphatic heterocycles. The van der Waals surface area contributed by atoms with Crippen molar-refractivity contribution in [1.82, 2.24) is 24.9 Å². The summed E-state index contributed by atoms with van der Waals surface area (Å²) in [5, 5.41) is 12.0. The van der Waals surface area contributed by atoms with Crippen LogP contribution in [0, 0.1) is 0 Å². The second kappa shape index (κ2) is 6.15. The number of hydrogen-bond acceptors (Lipinski definition) is 5. The van der Waals surface area contributed by atoms with Gasteiger partial charge in [-0.2, -0.15) is 10.2 Å².